The smallest absolute Gasteiger partial charge is 0.341 e. The van der Waals surface area contributed by atoms with Crippen LogP contribution in [0.2, 0.25) is 0 Å². The predicted molar refractivity (Wildman–Crippen MR) is 80.9 cm³/mol. The third-order valence-electron chi connectivity index (χ3n) is 5.63. The number of amides is 1. The molecule has 3 aliphatic rings. The number of hydrogen-bond donors (Lipinski definition) is 1. The van der Waals surface area contributed by atoms with Gasteiger partial charge in [0.2, 0.25) is 5.91 Å². The molecule has 3 atom stereocenters. The number of rotatable bonds is 2. The first-order valence-corrected chi connectivity index (χ1v) is 8.75. The maximum atomic E-state index is 12.9. The van der Waals surface area contributed by atoms with Crippen LogP contribution >= 0.6 is 0 Å². The molecule has 0 aromatic heterocycles. The number of nitrogens with one attached hydrogen (secondary N) is 1. The van der Waals surface area contributed by atoms with E-state index in [-0.39, 0.29) is 18.7 Å². The third kappa shape index (κ3) is 3.99. The van der Waals surface area contributed by atoms with Gasteiger partial charge in [-0.15, -0.1) is 0 Å². The maximum Gasteiger partial charge on any atom is 0.391 e. The molecule has 1 saturated carbocycles. The lowest BCUT2D eigenvalue weighted by atomic mass is 9.80. The summed E-state index contributed by atoms with van der Waals surface area (Å²) in [6.45, 7) is 5.31. The lowest BCUT2D eigenvalue weighted by Gasteiger charge is -2.34. The minimum atomic E-state index is -4.16. The summed E-state index contributed by atoms with van der Waals surface area (Å²) in [5.41, 5.74) is 0. The maximum absolute atomic E-state index is 12.9. The minimum Gasteiger partial charge on any atom is -0.341 e. The molecule has 7 heteroatoms. The molecule has 0 radical (unpaired) electrons. The fourth-order valence-electron chi connectivity index (χ4n) is 4.26. The highest BCUT2D eigenvalue weighted by Crippen LogP contribution is 2.40. The van der Waals surface area contributed by atoms with E-state index in [4.69, 9.17) is 0 Å². The highest BCUT2D eigenvalue weighted by Gasteiger charge is 2.45. The second-order valence-corrected chi connectivity index (χ2v) is 7.11. The molecular formula is C16H26F3N3O. The minimum absolute atomic E-state index is 0.0167. The molecule has 1 N–H and O–H groups in total. The van der Waals surface area contributed by atoms with Crippen LogP contribution in [-0.2, 0) is 4.79 Å². The van der Waals surface area contributed by atoms with Crippen molar-refractivity contribution in [3.05, 3.63) is 0 Å². The predicted octanol–water partition coefficient (Wildman–Crippen LogP) is 1.86. The van der Waals surface area contributed by atoms with Gasteiger partial charge >= 0.3 is 6.18 Å². The van der Waals surface area contributed by atoms with Crippen LogP contribution in [0.4, 0.5) is 13.2 Å². The lowest BCUT2D eigenvalue weighted by Crippen LogP contribution is -2.49. The largest absolute Gasteiger partial charge is 0.391 e. The Morgan fingerprint density at radius 1 is 1.04 bits per heavy atom. The van der Waals surface area contributed by atoms with E-state index in [0.29, 0.717) is 32.0 Å². The Morgan fingerprint density at radius 2 is 1.78 bits per heavy atom. The monoisotopic (exact) mass is 333 g/mol. The van der Waals surface area contributed by atoms with Crippen LogP contribution < -0.4 is 5.32 Å². The fraction of sp³-hybridized carbons (Fsp3) is 0.938. The summed E-state index contributed by atoms with van der Waals surface area (Å²) in [5, 5.41) is 3.31. The zero-order valence-corrected chi connectivity index (χ0v) is 13.4. The van der Waals surface area contributed by atoms with Gasteiger partial charge in [-0.25, -0.2) is 0 Å². The molecular weight excluding hydrogens is 307 g/mol. The van der Waals surface area contributed by atoms with Crippen LogP contribution in [-0.4, -0.2) is 67.2 Å². The zero-order valence-electron chi connectivity index (χ0n) is 13.4. The molecule has 132 valence electrons. The van der Waals surface area contributed by atoms with Crippen LogP contribution in [0.25, 0.3) is 0 Å². The second kappa shape index (κ2) is 6.97. The molecule has 4 nitrogen and oxygen atoms in total. The molecule has 3 fully saturated rings. The van der Waals surface area contributed by atoms with Crippen LogP contribution in [0.5, 0.6) is 0 Å². The summed E-state index contributed by atoms with van der Waals surface area (Å²) in [7, 11) is 0. The first kappa shape index (κ1) is 17.0. The van der Waals surface area contributed by atoms with E-state index in [1.165, 1.54) is 0 Å². The average molecular weight is 333 g/mol. The van der Waals surface area contributed by atoms with Crippen LogP contribution in [0, 0.1) is 11.8 Å². The number of halogens is 3. The Bertz CT molecular complexity index is 423. The number of carbonyl (C=O) groups excluding carboxylic acids is 1. The van der Waals surface area contributed by atoms with Crippen LogP contribution in [0.15, 0.2) is 0 Å². The molecule has 0 aromatic rings. The number of hydrogen-bond acceptors (Lipinski definition) is 3. The number of piperazine rings is 1. The Morgan fingerprint density at radius 3 is 2.48 bits per heavy atom. The summed E-state index contributed by atoms with van der Waals surface area (Å²) in [6.07, 6.45) is -1.93. The Balaban J connectivity index is 1.54. The van der Waals surface area contributed by atoms with Gasteiger partial charge in [0.15, 0.2) is 0 Å². The van der Waals surface area contributed by atoms with Gasteiger partial charge in [-0.2, -0.15) is 13.2 Å². The summed E-state index contributed by atoms with van der Waals surface area (Å²) < 4.78 is 38.8. The van der Waals surface area contributed by atoms with Gasteiger partial charge in [0.25, 0.3) is 0 Å². The summed E-state index contributed by atoms with van der Waals surface area (Å²) in [6, 6.07) is 0.378. The van der Waals surface area contributed by atoms with Crippen LogP contribution in [0.1, 0.15) is 32.1 Å². The van der Waals surface area contributed by atoms with Crippen molar-refractivity contribution in [3.8, 4) is 0 Å². The van der Waals surface area contributed by atoms with Crippen molar-refractivity contribution in [3.63, 3.8) is 0 Å². The standard InChI is InChI=1S/C16H26F3N3O/c17-16(18,19)13-3-1-2-12(10-13)15(23)22-7-4-14(11-22)21-8-5-20-6-9-21/h12-14,20H,1-11H2. The van der Waals surface area contributed by atoms with E-state index in [0.717, 1.165) is 32.6 Å². The topological polar surface area (TPSA) is 35.6 Å². The number of likely N-dealkylation sites (tertiary alicyclic amines) is 1. The van der Waals surface area contributed by atoms with Gasteiger partial charge in [-0.3, -0.25) is 9.69 Å². The highest BCUT2D eigenvalue weighted by atomic mass is 19.4. The number of alkyl halides is 3. The SMILES string of the molecule is O=C(C1CCCC(C(F)(F)F)C1)N1CCC(N2CCNCC2)C1. The number of nitrogens with zero attached hydrogens (tertiary/aromatic N) is 2. The Labute approximate surface area is 135 Å². The molecule has 3 rings (SSSR count). The van der Waals surface area contributed by atoms with E-state index in [1.807, 2.05) is 4.90 Å². The first-order valence-electron chi connectivity index (χ1n) is 8.75. The van der Waals surface area contributed by atoms with E-state index in [1.54, 1.807) is 0 Å². The summed E-state index contributed by atoms with van der Waals surface area (Å²) in [5.74, 6) is -1.77. The molecule has 1 aliphatic carbocycles. The van der Waals surface area contributed by atoms with Crippen molar-refractivity contribution in [1.82, 2.24) is 15.1 Å². The van der Waals surface area contributed by atoms with Crippen molar-refractivity contribution in [2.45, 2.75) is 44.3 Å². The van der Waals surface area contributed by atoms with Gasteiger partial charge < -0.3 is 10.2 Å². The third-order valence-corrected chi connectivity index (χ3v) is 5.63. The van der Waals surface area contributed by atoms with E-state index < -0.39 is 18.0 Å². The van der Waals surface area contributed by atoms with Crippen molar-refractivity contribution in [2.75, 3.05) is 39.3 Å². The molecule has 3 unspecified atom stereocenters. The van der Waals surface area contributed by atoms with Gasteiger partial charge in [0.05, 0.1) is 5.92 Å². The second-order valence-electron chi connectivity index (χ2n) is 7.11. The van der Waals surface area contributed by atoms with Gasteiger partial charge in [-0.1, -0.05) is 6.42 Å². The summed E-state index contributed by atoms with van der Waals surface area (Å²) in [4.78, 5) is 16.9. The van der Waals surface area contributed by atoms with Crippen LogP contribution in [0.3, 0.4) is 0 Å². The van der Waals surface area contributed by atoms with Crippen molar-refractivity contribution < 1.29 is 18.0 Å². The molecule has 0 aromatic carbocycles. The molecule has 2 saturated heterocycles. The van der Waals surface area contributed by atoms with Gasteiger partial charge in [0.1, 0.15) is 0 Å². The Kier molecular flexibility index (Phi) is 5.16. The molecule has 0 spiro atoms. The van der Waals surface area contributed by atoms with E-state index in [2.05, 4.69) is 10.2 Å². The van der Waals surface area contributed by atoms with Crippen molar-refractivity contribution >= 4 is 5.91 Å². The lowest BCUT2D eigenvalue weighted by molar-refractivity contribution is -0.187. The Hall–Kier alpha value is -0.820. The van der Waals surface area contributed by atoms with Crippen molar-refractivity contribution in [2.24, 2.45) is 11.8 Å². The normalized spacial score (nSPS) is 33.9. The van der Waals surface area contributed by atoms with Crippen molar-refractivity contribution in [1.29, 1.82) is 0 Å². The fourth-order valence-corrected chi connectivity index (χ4v) is 4.26. The molecule has 0 bridgehead atoms. The van der Waals surface area contributed by atoms with Gasteiger partial charge in [-0.05, 0) is 25.7 Å². The van der Waals surface area contributed by atoms with E-state index in [9.17, 15) is 18.0 Å². The molecule has 2 heterocycles. The summed E-state index contributed by atoms with van der Waals surface area (Å²) >= 11 is 0. The number of carbonyl (C=O) groups is 1. The zero-order chi connectivity index (χ0) is 16.4. The quantitative estimate of drug-likeness (QED) is 0.838. The average Bonchev–Trinajstić information content (AvgIpc) is 3.04. The van der Waals surface area contributed by atoms with E-state index >= 15 is 0 Å². The molecule has 1 amide bonds. The highest BCUT2D eigenvalue weighted by molar-refractivity contribution is 5.79. The van der Waals surface area contributed by atoms with Gasteiger partial charge in [0, 0.05) is 51.2 Å². The first-order chi connectivity index (χ1) is 10.9. The molecule has 2 aliphatic heterocycles. The molecule has 23 heavy (non-hydrogen) atoms.